The van der Waals surface area contributed by atoms with Crippen LogP contribution in [-0.2, 0) is 22.6 Å². The van der Waals surface area contributed by atoms with Gasteiger partial charge in [-0.2, -0.15) is 5.26 Å². The number of anilines is 3. The van der Waals surface area contributed by atoms with E-state index < -0.39 is 5.60 Å². The monoisotopic (exact) mass is 514 g/mol. The summed E-state index contributed by atoms with van der Waals surface area (Å²) in [6, 6.07) is 19.2. The molecule has 1 aliphatic rings. The van der Waals surface area contributed by atoms with E-state index in [1.165, 1.54) is 11.8 Å². The maximum absolute atomic E-state index is 12.7. The molecule has 0 radical (unpaired) electrons. The van der Waals surface area contributed by atoms with Gasteiger partial charge >= 0.3 is 0 Å². The Morgan fingerprint density at radius 3 is 2.70 bits per heavy atom. The Kier molecular flexibility index (Phi) is 6.74. The molecule has 0 spiro atoms. The molecule has 4 aromatic rings. The molecule has 2 aromatic heterocycles. The van der Waals surface area contributed by atoms with E-state index in [0.29, 0.717) is 46.6 Å². The highest BCUT2D eigenvalue weighted by Gasteiger charge is 2.33. The van der Waals surface area contributed by atoms with E-state index in [1.807, 2.05) is 60.7 Å². The van der Waals surface area contributed by atoms with Crippen molar-refractivity contribution < 1.29 is 14.3 Å². The van der Waals surface area contributed by atoms with Crippen molar-refractivity contribution in [2.45, 2.75) is 37.6 Å². The second-order valence-corrected chi connectivity index (χ2v) is 10.2. The Morgan fingerprint density at radius 2 is 1.95 bits per heavy atom. The van der Waals surface area contributed by atoms with Crippen LogP contribution in [0.2, 0.25) is 0 Å². The largest absolute Gasteiger partial charge is 0.497 e. The van der Waals surface area contributed by atoms with Crippen LogP contribution in [0.3, 0.4) is 0 Å². The summed E-state index contributed by atoms with van der Waals surface area (Å²) in [5.74, 6) is 1.13. The number of carbonyl (C=O) groups excluding carboxylic acids is 1. The molecule has 0 saturated heterocycles. The summed E-state index contributed by atoms with van der Waals surface area (Å²) in [7, 11) is 1.58. The van der Waals surface area contributed by atoms with Crippen molar-refractivity contribution in [1.29, 1.82) is 5.26 Å². The first-order valence-corrected chi connectivity index (χ1v) is 12.7. The molecule has 0 saturated carbocycles. The van der Waals surface area contributed by atoms with E-state index in [1.54, 1.807) is 19.2 Å². The van der Waals surface area contributed by atoms with Crippen LogP contribution in [0.15, 0.2) is 59.8 Å². The van der Waals surface area contributed by atoms with Crippen LogP contribution in [0.5, 0.6) is 5.75 Å². The fraction of sp³-hybridized carbons (Fsp3) is 0.259. The lowest BCUT2D eigenvalue weighted by atomic mass is 9.89. The third-order valence-corrected chi connectivity index (χ3v) is 7.00. The molecule has 2 aromatic carbocycles. The van der Waals surface area contributed by atoms with Crippen molar-refractivity contribution in [3.05, 3.63) is 71.3 Å². The lowest BCUT2D eigenvalue weighted by Gasteiger charge is -2.33. The topological polar surface area (TPSA) is 114 Å². The number of nitriles is 1. The van der Waals surface area contributed by atoms with Crippen molar-refractivity contribution in [3.63, 3.8) is 0 Å². The third-order valence-electron chi connectivity index (χ3n) is 6.07. The van der Waals surface area contributed by atoms with Gasteiger partial charge in [0, 0.05) is 29.4 Å². The number of pyridine rings is 1. The Balaban J connectivity index is 1.52. The number of rotatable bonds is 7. The molecule has 0 bridgehead atoms. The van der Waals surface area contributed by atoms with Crippen LogP contribution < -0.4 is 15.4 Å². The first-order chi connectivity index (χ1) is 17.9. The Hall–Kier alpha value is -4.07. The van der Waals surface area contributed by atoms with Gasteiger partial charge in [0.2, 0.25) is 5.91 Å². The number of carbonyl (C=O) groups is 1. The molecule has 0 unspecified atom stereocenters. The van der Waals surface area contributed by atoms with Crippen molar-refractivity contribution in [1.82, 2.24) is 14.6 Å². The van der Waals surface area contributed by atoms with Gasteiger partial charge in [-0.25, -0.2) is 0 Å². The van der Waals surface area contributed by atoms with E-state index in [-0.39, 0.29) is 11.7 Å². The molecular weight excluding hydrogens is 488 g/mol. The zero-order valence-corrected chi connectivity index (χ0v) is 21.6. The average molecular weight is 515 g/mol. The minimum Gasteiger partial charge on any atom is -0.497 e. The fourth-order valence-electron chi connectivity index (χ4n) is 4.32. The number of nitrogens with zero attached hydrogens (tertiary/aromatic N) is 4. The maximum Gasteiger partial charge on any atom is 0.234 e. The van der Waals surface area contributed by atoms with Gasteiger partial charge in [0.1, 0.15) is 17.6 Å². The highest BCUT2D eigenvalue weighted by molar-refractivity contribution is 7.99. The normalized spacial score (nSPS) is 14.0. The summed E-state index contributed by atoms with van der Waals surface area (Å²) >= 11 is 1.24. The van der Waals surface area contributed by atoms with E-state index >= 15 is 0 Å². The highest BCUT2D eigenvalue weighted by Crippen LogP contribution is 2.38. The maximum atomic E-state index is 12.7. The fourth-order valence-corrected chi connectivity index (χ4v) is 5.05. The van der Waals surface area contributed by atoms with Crippen LogP contribution in [0, 0.1) is 11.3 Å². The van der Waals surface area contributed by atoms with E-state index in [2.05, 4.69) is 26.9 Å². The van der Waals surface area contributed by atoms with Crippen LogP contribution in [0.1, 0.15) is 30.5 Å². The summed E-state index contributed by atoms with van der Waals surface area (Å²) in [5.41, 5.74) is 3.94. The number of amides is 1. The minimum absolute atomic E-state index is 0.102. The molecule has 37 heavy (non-hydrogen) atoms. The Labute approximate surface area is 218 Å². The highest BCUT2D eigenvalue weighted by atomic mass is 32.2. The number of benzene rings is 2. The molecule has 188 valence electrons. The van der Waals surface area contributed by atoms with Gasteiger partial charge in [-0.05, 0) is 43.7 Å². The molecule has 0 fully saturated rings. The lowest BCUT2D eigenvalue weighted by Crippen LogP contribution is -2.33. The summed E-state index contributed by atoms with van der Waals surface area (Å²) in [4.78, 5) is 12.7. The van der Waals surface area contributed by atoms with Gasteiger partial charge in [0.05, 0.1) is 30.6 Å². The predicted molar refractivity (Wildman–Crippen MR) is 142 cm³/mol. The van der Waals surface area contributed by atoms with Crippen LogP contribution in [0.4, 0.5) is 17.2 Å². The van der Waals surface area contributed by atoms with Crippen molar-refractivity contribution >= 4 is 40.5 Å². The number of nitrogens with one attached hydrogen (secondary N) is 2. The predicted octanol–water partition coefficient (Wildman–Crippen LogP) is 4.94. The molecule has 3 heterocycles. The quantitative estimate of drug-likeness (QED) is 0.334. The van der Waals surface area contributed by atoms with Gasteiger partial charge in [-0.3, -0.25) is 9.20 Å². The molecule has 0 atom stereocenters. The zero-order chi connectivity index (χ0) is 26.0. The summed E-state index contributed by atoms with van der Waals surface area (Å²) in [6.45, 7) is 4.35. The van der Waals surface area contributed by atoms with E-state index in [0.717, 1.165) is 16.8 Å². The lowest BCUT2D eigenvalue weighted by molar-refractivity contribution is -0.113. The number of ether oxygens (including phenoxy) is 2. The first-order valence-electron chi connectivity index (χ1n) is 11.7. The van der Waals surface area contributed by atoms with Crippen LogP contribution in [-0.4, -0.2) is 39.0 Å². The number of fused-ring (bicyclic) bond motifs is 3. The van der Waals surface area contributed by atoms with E-state index in [9.17, 15) is 10.1 Å². The van der Waals surface area contributed by atoms with Gasteiger partial charge in [-0.15, -0.1) is 10.2 Å². The smallest absolute Gasteiger partial charge is 0.234 e. The number of para-hydroxylation sites is 1. The summed E-state index contributed by atoms with van der Waals surface area (Å²) in [5, 5.41) is 25.9. The van der Waals surface area contributed by atoms with Gasteiger partial charge in [-0.1, -0.05) is 36.0 Å². The van der Waals surface area contributed by atoms with Crippen LogP contribution in [0.25, 0.3) is 5.65 Å². The minimum atomic E-state index is -0.406. The standard InChI is InChI=1S/C27H26N6O3S/c1-27(2)13-20-21(14-28)24(30-17-8-5-4-6-9-17)33-25(22(20)15-36-27)31-32-26(33)37-16-23(34)29-18-10-7-11-19(12-18)35-3/h4-12,30H,13,15-16H2,1-3H3,(H,29,34). The molecule has 0 aliphatic carbocycles. The molecular formula is C27H26N6O3S. The second kappa shape index (κ2) is 10.1. The molecule has 1 amide bonds. The molecule has 5 rings (SSSR count). The van der Waals surface area contributed by atoms with Crippen molar-refractivity contribution in [2.24, 2.45) is 0 Å². The Morgan fingerprint density at radius 1 is 1.16 bits per heavy atom. The Bertz CT molecular complexity index is 1510. The molecule has 2 N–H and O–H groups in total. The van der Waals surface area contributed by atoms with Gasteiger partial charge in [0.25, 0.3) is 0 Å². The summed E-state index contributed by atoms with van der Waals surface area (Å²) in [6.07, 6.45) is 0.573. The van der Waals surface area contributed by atoms with Gasteiger partial charge in [0.15, 0.2) is 10.8 Å². The number of hydrogen-bond acceptors (Lipinski definition) is 8. The average Bonchev–Trinajstić information content (AvgIpc) is 3.32. The number of methoxy groups -OCH3 is 1. The van der Waals surface area contributed by atoms with Crippen molar-refractivity contribution in [3.8, 4) is 11.8 Å². The van der Waals surface area contributed by atoms with Crippen molar-refractivity contribution in [2.75, 3.05) is 23.5 Å². The van der Waals surface area contributed by atoms with Crippen LogP contribution >= 0.6 is 11.8 Å². The number of hydrogen-bond donors (Lipinski definition) is 2. The second-order valence-electron chi connectivity index (χ2n) is 9.22. The third kappa shape index (κ3) is 5.09. The summed E-state index contributed by atoms with van der Waals surface area (Å²) < 4.78 is 13.1. The number of thioether (sulfide) groups is 1. The number of aromatic nitrogens is 3. The van der Waals surface area contributed by atoms with E-state index in [4.69, 9.17) is 9.47 Å². The molecule has 9 nitrogen and oxygen atoms in total. The SMILES string of the molecule is COc1cccc(NC(=O)CSc2nnc3c4c(c(C#N)c(Nc5ccccc5)n23)CC(C)(C)OC4)c1. The molecule has 10 heteroatoms. The van der Waals surface area contributed by atoms with Gasteiger partial charge < -0.3 is 20.1 Å². The zero-order valence-electron chi connectivity index (χ0n) is 20.7. The first kappa shape index (κ1) is 24.6. The molecule has 1 aliphatic heterocycles.